The highest BCUT2D eigenvalue weighted by Crippen LogP contribution is 2.36. The van der Waals surface area contributed by atoms with Gasteiger partial charge in [-0.25, -0.2) is 14.4 Å². The van der Waals surface area contributed by atoms with Crippen LogP contribution in [0.1, 0.15) is 53.1 Å². The third-order valence-corrected chi connectivity index (χ3v) is 7.26. The van der Waals surface area contributed by atoms with E-state index in [0.29, 0.717) is 49.3 Å². The monoisotopic (exact) mass is 533 g/mol. The predicted octanol–water partition coefficient (Wildman–Crippen LogP) is 5.15. The van der Waals surface area contributed by atoms with Gasteiger partial charge in [0.1, 0.15) is 17.1 Å². The molecule has 7 nitrogen and oxygen atoms in total. The standard InChI is InChI=1S/C25H21F4N4O3S/c26-18-6-2-1-4-16(18)21-12-19(32-36-21)20-14-37-24(31-20)15-7-10-33(11-8-15)22(34)13-35-23-17(25(27,28)29)5-3-9-30-23/h1-3,5-6,9,14-15,21H,7-8,10-13H2. The van der Waals surface area contributed by atoms with E-state index in [1.807, 2.05) is 5.38 Å². The van der Waals surface area contributed by atoms with Crippen LogP contribution in [0.15, 0.2) is 47.1 Å². The highest BCUT2D eigenvalue weighted by Gasteiger charge is 2.35. The Hall–Kier alpha value is -3.54. The Balaban J connectivity index is 1.13. The number of benzene rings is 1. The van der Waals surface area contributed by atoms with Gasteiger partial charge in [0.2, 0.25) is 5.88 Å². The molecule has 2 aliphatic heterocycles. The van der Waals surface area contributed by atoms with Gasteiger partial charge in [-0.05, 0) is 37.1 Å². The van der Waals surface area contributed by atoms with E-state index in [9.17, 15) is 22.4 Å². The molecular formula is C25H21F4N4O3S. The van der Waals surface area contributed by atoms with Crippen LogP contribution >= 0.6 is 11.3 Å². The number of alkyl halides is 3. The topological polar surface area (TPSA) is 76.9 Å². The molecule has 0 N–H and O–H groups in total. The van der Waals surface area contributed by atoms with Crippen molar-refractivity contribution in [1.29, 1.82) is 0 Å². The minimum absolute atomic E-state index is 0.134. The van der Waals surface area contributed by atoms with E-state index in [0.717, 1.165) is 11.1 Å². The molecule has 1 saturated heterocycles. The minimum Gasteiger partial charge on any atom is -0.467 e. The highest BCUT2D eigenvalue weighted by molar-refractivity contribution is 7.10. The highest BCUT2D eigenvalue weighted by atomic mass is 32.1. The van der Waals surface area contributed by atoms with Crippen LogP contribution in [0.4, 0.5) is 17.6 Å². The minimum atomic E-state index is -4.62. The number of hydrogen-bond donors (Lipinski definition) is 0. The first-order valence-corrected chi connectivity index (χ1v) is 12.4. The van der Waals surface area contributed by atoms with Crippen LogP contribution in [0.2, 0.25) is 0 Å². The molecule has 5 rings (SSSR count). The first kappa shape index (κ1) is 25.1. The molecule has 0 spiro atoms. The van der Waals surface area contributed by atoms with E-state index in [1.54, 1.807) is 17.0 Å². The Bertz CT molecular complexity index is 1300. The molecule has 2 aliphatic rings. The number of aromatic nitrogens is 2. The lowest BCUT2D eigenvalue weighted by Gasteiger charge is -2.31. The van der Waals surface area contributed by atoms with Crippen LogP contribution in [0.25, 0.3) is 0 Å². The second-order valence-corrected chi connectivity index (χ2v) is 9.53. The Morgan fingerprint density at radius 3 is 2.81 bits per heavy atom. The van der Waals surface area contributed by atoms with Gasteiger partial charge in [-0.3, -0.25) is 4.79 Å². The molecule has 1 unspecified atom stereocenters. The van der Waals surface area contributed by atoms with Crippen molar-refractivity contribution in [3.8, 4) is 5.88 Å². The number of piperidine rings is 1. The smallest absolute Gasteiger partial charge is 0.421 e. The van der Waals surface area contributed by atoms with Gasteiger partial charge in [-0.1, -0.05) is 17.3 Å². The van der Waals surface area contributed by atoms with Crippen molar-refractivity contribution in [1.82, 2.24) is 14.9 Å². The number of thiazole rings is 1. The number of amides is 1. The average Bonchev–Trinajstić information content (AvgIpc) is 3.58. The van der Waals surface area contributed by atoms with E-state index in [4.69, 9.17) is 14.6 Å². The van der Waals surface area contributed by atoms with Gasteiger partial charge in [0, 0.05) is 42.6 Å². The van der Waals surface area contributed by atoms with Crippen LogP contribution < -0.4 is 4.74 Å². The summed E-state index contributed by atoms with van der Waals surface area (Å²) in [5.41, 5.74) is 0.635. The lowest BCUT2D eigenvalue weighted by Crippen LogP contribution is -2.40. The molecule has 1 fully saturated rings. The fourth-order valence-electron chi connectivity index (χ4n) is 4.29. The number of hydrogen-bond acceptors (Lipinski definition) is 7. The molecular weight excluding hydrogens is 512 g/mol. The van der Waals surface area contributed by atoms with Gasteiger partial charge in [0.25, 0.3) is 5.91 Å². The second kappa shape index (κ2) is 10.4. The van der Waals surface area contributed by atoms with Gasteiger partial charge >= 0.3 is 6.18 Å². The molecule has 2 aromatic heterocycles. The normalized spacial score (nSPS) is 18.4. The summed E-state index contributed by atoms with van der Waals surface area (Å²) in [6.45, 7) is 0.351. The van der Waals surface area contributed by atoms with Crippen molar-refractivity contribution >= 4 is 23.0 Å². The van der Waals surface area contributed by atoms with Gasteiger partial charge in [0.05, 0.1) is 10.7 Å². The van der Waals surface area contributed by atoms with Crippen LogP contribution in [0, 0.1) is 11.9 Å². The molecule has 4 heterocycles. The van der Waals surface area contributed by atoms with Crippen molar-refractivity contribution in [3.63, 3.8) is 0 Å². The Morgan fingerprint density at radius 1 is 1.24 bits per heavy atom. The summed E-state index contributed by atoms with van der Waals surface area (Å²) in [5, 5.41) is 6.90. The lowest BCUT2D eigenvalue weighted by molar-refractivity contribution is -0.141. The molecule has 12 heteroatoms. The molecule has 1 amide bonds. The van der Waals surface area contributed by atoms with E-state index in [-0.39, 0.29) is 5.92 Å². The van der Waals surface area contributed by atoms with Crippen molar-refractivity contribution in [2.45, 2.75) is 37.5 Å². The molecule has 0 aliphatic carbocycles. The third-order valence-electron chi connectivity index (χ3n) is 6.25. The number of ether oxygens (including phenoxy) is 1. The zero-order valence-electron chi connectivity index (χ0n) is 19.4. The maximum atomic E-state index is 14.0. The fraction of sp³-hybridized carbons (Fsp3) is 0.360. The van der Waals surface area contributed by atoms with Gasteiger partial charge in [0.15, 0.2) is 12.7 Å². The van der Waals surface area contributed by atoms with E-state index >= 15 is 0 Å². The van der Waals surface area contributed by atoms with E-state index in [2.05, 4.69) is 16.2 Å². The van der Waals surface area contributed by atoms with Crippen molar-refractivity contribution < 1.29 is 31.9 Å². The first-order valence-electron chi connectivity index (χ1n) is 11.6. The van der Waals surface area contributed by atoms with Crippen LogP contribution in [0.3, 0.4) is 0 Å². The molecule has 3 aromatic rings. The summed E-state index contributed by atoms with van der Waals surface area (Å²) in [6, 6.07) is 9.44. The number of nitrogens with zero attached hydrogens (tertiary/aromatic N) is 4. The summed E-state index contributed by atoms with van der Waals surface area (Å²) >= 11 is 1.49. The SMILES string of the molecule is O=C(COc1ncccc1C(F)(F)F)N1CCC(c2nc(C3=NOC(c4[c]cccc4F)C3)cs2)CC1. The Kier molecular flexibility index (Phi) is 7.09. The third kappa shape index (κ3) is 5.58. The van der Waals surface area contributed by atoms with E-state index in [1.165, 1.54) is 29.7 Å². The number of carbonyl (C=O) groups excluding carboxylic acids is 1. The number of likely N-dealkylation sites (tertiary alicyclic amines) is 1. The van der Waals surface area contributed by atoms with Gasteiger partial charge in [-0.15, -0.1) is 11.3 Å². The quantitative estimate of drug-likeness (QED) is 0.410. The zero-order valence-corrected chi connectivity index (χ0v) is 20.2. The molecule has 193 valence electrons. The summed E-state index contributed by atoms with van der Waals surface area (Å²) in [6.07, 6.45) is -2.27. The Morgan fingerprint density at radius 2 is 2.05 bits per heavy atom. The van der Waals surface area contributed by atoms with Gasteiger partial charge in [-0.2, -0.15) is 13.2 Å². The van der Waals surface area contributed by atoms with Crippen molar-refractivity contribution in [3.05, 3.63) is 75.6 Å². The number of pyridine rings is 1. The summed E-state index contributed by atoms with van der Waals surface area (Å²) in [7, 11) is 0. The molecule has 37 heavy (non-hydrogen) atoms. The summed E-state index contributed by atoms with van der Waals surface area (Å²) in [4.78, 5) is 27.9. The van der Waals surface area contributed by atoms with E-state index < -0.39 is 42.1 Å². The molecule has 0 saturated carbocycles. The maximum absolute atomic E-state index is 14.0. The number of oxime groups is 1. The first-order chi connectivity index (χ1) is 17.8. The van der Waals surface area contributed by atoms with Crippen LogP contribution in [0.5, 0.6) is 5.88 Å². The fourth-order valence-corrected chi connectivity index (χ4v) is 5.29. The summed E-state index contributed by atoms with van der Waals surface area (Å²) < 4.78 is 58.4. The number of rotatable bonds is 6. The zero-order chi connectivity index (χ0) is 26.0. The van der Waals surface area contributed by atoms with Crippen molar-refractivity contribution in [2.24, 2.45) is 5.16 Å². The summed E-state index contributed by atoms with van der Waals surface area (Å²) in [5.74, 6) is -1.27. The number of carbonyl (C=O) groups is 1. The largest absolute Gasteiger partial charge is 0.467 e. The van der Waals surface area contributed by atoms with Crippen molar-refractivity contribution in [2.75, 3.05) is 19.7 Å². The molecule has 0 bridgehead atoms. The molecule has 1 atom stereocenters. The maximum Gasteiger partial charge on any atom is 0.421 e. The van der Waals surface area contributed by atoms with Crippen LogP contribution in [-0.4, -0.2) is 46.2 Å². The van der Waals surface area contributed by atoms with Gasteiger partial charge < -0.3 is 14.5 Å². The Labute approximate surface area is 213 Å². The number of halogens is 4. The van der Waals surface area contributed by atoms with Crippen LogP contribution in [-0.2, 0) is 15.8 Å². The predicted molar refractivity (Wildman–Crippen MR) is 126 cm³/mol. The average molecular weight is 534 g/mol. The lowest BCUT2D eigenvalue weighted by atomic mass is 9.97. The molecule has 1 aromatic carbocycles. The molecule has 1 radical (unpaired) electrons. The second-order valence-electron chi connectivity index (χ2n) is 8.64.